The molecule has 1 aliphatic carbocycles. The van der Waals surface area contributed by atoms with Crippen LogP contribution in [0.2, 0.25) is 0 Å². The van der Waals surface area contributed by atoms with Crippen LogP contribution in [0.15, 0.2) is 18.2 Å². The van der Waals surface area contributed by atoms with Gasteiger partial charge in [-0.1, -0.05) is 96.5 Å². The Hall–Kier alpha value is -1.44. The first-order chi connectivity index (χ1) is 15.7. The molecule has 0 spiro atoms. The summed E-state index contributed by atoms with van der Waals surface area (Å²) < 4.78 is 25.6. The molecule has 0 radical (unpaired) electrons. The van der Waals surface area contributed by atoms with Crippen LogP contribution in [0.5, 0.6) is 0 Å². The van der Waals surface area contributed by atoms with Gasteiger partial charge in [0.05, 0.1) is 18.8 Å². The molecule has 0 amide bonds. The first-order valence-corrected chi connectivity index (χ1v) is 13.1. The highest BCUT2D eigenvalue weighted by atomic mass is 19.1. The van der Waals surface area contributed by atoms with Crippen LogP contribution in [0.4, 0.5) is 4.39 Å². The van der Waals surface area contributed by atoms with Gasteiger partial charge in [-0.25, -0.2) is 4.39 Å². The van der Waals surface area contributed by atoms with E-state index in [2.05, 4.69) is 6.92 Å². The molecule has 3 nitrogen and oxygen atoms in total. The van der Waals surface area contributed by atoms with Crippen molar-refractivity contribution in [2.45, 2.75) is 103 Å². The van der Waals surface area contributed by atoms with Crippen LogP contribution in [0.25, 0.3) is 0 Å². The molecule has 0 bridgehead atoms. The zero-order valence-electron chi connectivity index (χ0n) is 20.0. The Morgan fingerprint density at radius 3 is 2.06 bits per heavy atom. The summed E-state index contributed by atoms with van der Waals surface area (Å²) in [6, 6.07) is 6.42. The van der Waals surface area contributed by atoms with Crippen molar-refractivity contribution in [1.29, 1.82) is 5.26 Å². The molecular formula is C28H42FNO2. The minimum Gasteiger partial charge on any atom is -0.348 e. The van der Waals surface area contributed by atoms with Crippen LogP contribution in [-0.4, -0.2) is 13.2 Å². The van der Waals surface area contributed by atoms with Crippen molar-refractivity contribution in [3.05, 3.63) is 35.1 Å². The van der Waals surface area contributed by atoms with E-state index in [1.807, 2.05) is 6.07 Å². The molecule has 4 heteroatoms. The molecule has 0 N–H and O–H groups in total. The quantitative estimate of drug-likeness (QED) is 0.307. The highest BCUT2D eigenvalue weighted by molar-refractivity contribution is 5.33. The van der Waals surface area contributed by atoms with E-state index in [0.717, 1.165) is 18.3 Å². The lowest BCUT2D eigenvalue weighted by molar-refractivity contribution is -0.206. The SMILES string of the molecule is CCCCCCCCCC1CCC(CCC2COC(c3ccc(C#N)c(F)c3)OC2)CC1. The minimum absolute atomic E-state index is 0.0552. The van der Waals surface area contributed by atoms with Gasteiger partial charge in [0.2, 0.25) is 0 Å². The molecule has 3 rings (SSSR count). The Morgan fingerprint density at radius 1 is 0.844 bits per heavy atom. The van der Waals surface area contributed by atoms with Gasteiger partial charge in [-0.3, -0.25) is 0 Å². The number of unbranched alkanes of at least 4 members (excludes halogenated alkanes) is 6. The second kappa shape index (κ2) is 14.0. The maximum absolute atomic E-state index is 13.8. The molecule has 32 heavy (non-hydrogen) atoms. The highest BCUT2D eigenvalue weighted by Gasteiger charge is 2.26. The number of benzene rings is 1. The van der Waals surface area contributed by atoms with Crippen molar-refractivity contribution in [2.75, 3.05) is 13.2 Å². The third-order valence-corrected chi connectivity index (χ3v) is 7.52. The zero-order chi connectivity index (χ0) is 22.6. The fourth-order valence-corrected chi connectivity index (χ4v) is 5.34. The molecule has 0 atom stereocenters. The van der Waals surface area contributed by atoms with E-state index >= 15 is 0 Å². The van der Waals surface area contributed by atoms with Crippen LogP contribution < -0.4 is 0 Å². The summed E-state index contributed by atoms with van der Waals surface area (Å²) in [5, 5.41) is 8.86. The van der Waals surface area contributed by atoms with Crippen molar-refractivity contribution in [3.63, 3.8) is 0 Å². The van der Waals surface area contributed by atoms with Gasteiger partial charge in [0.25, 0.3) is 0 Å². The topological polar surface area (TPSA) is 42.2 Å². The maximum atomic E-state index is 13.8. The van der Waals surface area contributed by atoms with Crippen LogP contribution in [-0.2, 0) is 9.47 Å². The van der Waals surface area contributed by atoms with E-state index in [0.29, 0.717) is 24.7 Å². The van der Waals surface area contributed by atoms with Crippen molar-refractivity contribution < 1.29 is 13.9 Å². The molecular weight excluding hydrogens is 401 g/mol. The highest BCUT2D eigenvalue weighted by Crippen LogP contribution is 2.36. The number of halogens is 1. The van der Waals surface area contributed by atoms with Gasteiger partial charge in [0, 0.05) is 11.5 Å². The first kappa shape index (κ1) is 25.2. The van der Waals surface area contributed by atoms with Gasteiger partial charge in [-0.15, -0.1) is 0 Å². The fraction of sp³-hybridized carbons (Fsp3) is 0.750. The van der Waals surface area contributed by atoms with Gasteiger partial charge in [-0.2, -0.15) is 5.26 Å². The van der Waals surface area contributed by atoms with Crippen molar-refractivity contribution in [3.8, 4) is 6.07 Å². The number of nitriles is 1. The second-order valence-electron chi connectivity index (χ2n) is 10.1. The van der Waals surface area contributed by atoms with Crippen molar-refractivity contribution in [2.24, 2.45) is 17.8 Å². The summed E-state index contributed by atoms with van der Waals surface area (Å²) >= 11 is 0. The van der Waals surface area contributed by atoms with E-state index in [9.17, 15) is 4.39 Å². The smallest absolute Gasteiger partial charge is 0.183 e. The summed E-state index contributed by atoms with van der Waals surface area (Å²) in [5.41, 5.74) is 0.707. The van der Waals surface area contributed by atoms with Crippen LogP contribution in [0.1, 0.15) is 114 Å². The Kier molecular flexibility index (Phi) is 11.0. The summed E-state index contributed by atoms with van der Waals surface area (Å²) in [6.45, 7) is 3.62. The normalized spacial score (nSPS) is 26.0. The molecule has 1 aromatic carbocycles. The number of ether oxygens (including phenoxy) is 2. The van der Waals surface area contributed by atoms with E-state index < -0.39 is 12.1 Å². The van der Waals surface area contributed by atoms with E-state index in [1.165, 1.54) is 95.6 Å². The van der Waals surface area contributed by atoms with E-state index in [-0.39, 0.29) is 5.56 Å². The molecule has 1 aromatic rings. The predicted molar refractivity (Wildman–Crippen MR) is 127 cm³/mol. The Bertz CT molecular complexity index is 700. The van der Waals surface area contributed by atoms with E-state index in [4.69, 9.17) is 14.7 Å². The molecule has 1 heterocycles. The molecule has 1 saturated heterocycles. The average molecular weight is 444 g/mol. The third-order valence-electron chi connectivity index (χ3n) is 7.52. The monoisotopic (exact) mass is 443 g/mol. The van der Waals surface area contributed by atoms with Crippen LogP contribution in [0, 0.1) is 34.9 Å². The molecule has 178 valence electrons. The van der Waals surface area contributed by atoms with Crippen molar-refractivity contribution >= 4 is 0 Å². The third kappa shape index (κ3) is 8.16. The lowest BCUT2D eigenvalue weighted by Crippen LogP contribution is -2.28. The van der Waals surface area contributed by atoms with Gasteiger partial charge >= 0.3 is 0 Å². The fourth-order valence-electron chi connectivity index (χ4n) is 5.34. The maximum Gasteiger partial charge on any atom is 0.183 e. The standard InChI is InChI=1S/C28H42FNO2/c1-2-3-4-5-6-7-8-9-22-10-12-23(13-11-22)14-15-24-20-31-28(32-21-24)25-16-17-26(19-30)27(29)18-25/h16-18,22-24,28H,2-15,20-21H2,1H3. The lowest BCUT2D eigenvalue weighted by Gasteiger charge is -2.32. The second-order valence-corrected chi connectivity index (χ2v) is 10.1. The van der Waals surface area contributed by atoms with E-state index in [1.54, 1.807) is 6.07 Å². The molecule has 1 saturated carbocycles. The molecule has 2 fully saturated rings. The van der Waals surface area contributed by atoms with Gasteiger partial charge in [-0.05, 0) is 30.4 Å². The number of nitrogens with zero attached hydrogens (tertiary/aromatic N) is 1. The molecule has 1 aliphatic heterocycles. The Labute approximate surface area is 194 Å². The number of rotatable bonds is 12. The Morgan fingerprint density at radius 2 is 1.44 bits per heavy atom. The summed E-state index contributed by atoms with van der Waals surface area (Å²) in [6.07, 6.45) is 18.9. The zero-order valence-corrected chi connectivity index (χ0v) is 20.0. The van der Waals surface area contributed by atoms with Gasteiger partial charge < -0.3 is 9.47 Å². The molecule has 0 aromatic heterocycles. The summed E-state index contributed by atoms with van der Waals surface area (Å²) in [4.78, 5) is 0. The average Bonchev–Trinajstić information content (AvgIpc) is 2.83. The first-order valence-electron chi connectivity index (χ1n) is 13.1. The number of hydrogen-bond acceptors (Lipinski definition) is 3. The Balaban J connectivity index is 1.25. The van der Waals surface area contributed by atoms with Gasteiger partial charge in [0.1, 0.15) is 11.9 Å². The van der Waals surface area contributed by atoms with Crippen LogP contribution >= 0.6 is 0 Å². The summed E-state index contributed by atoms with van der Waals surface area (Å²) in [5.74, 6) is 1.75. The van der Waals surface area contributed by atoms with Crippen LogP contribution in [0.3, 0.4) is 0 Å². The van der Waals surface area contributed by atoms with Gasteiger partial charge in [0.15, 0.2) is 6.29 Å². The largest absolute Gasteiger partial charge is 0.348 e. The molecule has 0 unspecified atom stereocenters. The minimum atomic E-state index is -0.518. The summed E-state index contributed by atoms with van der Waals surface area (Å²) in [7, 11) is 0. The van der Waals surface area contributed by atoms with Crippen molar-refractivity contribution in [1.82, 2.24) is 0 Å². The molecule has 2 aliphatic rings. The number of hydrogen-bond donors (Lipinski definition) is 0. The predicted octanol–water partition coefficient (Wildman–Crippen LogP) is 8.09. The lowest BCUT2D eigenvalue weighted by atomic mass is 9.77.